The van der Waals surface area contributed by atoms with Crippen LogP contribution < -0.4 is 4.74 Å². The first kappa shape index (κ1) is 14.2. The molecule has 0 amide bonds. The number of fused-ring (bicyclic) bond motifs is 1. The molecule has 0 fully saturated rings. The molecule has 1 aliphatic rings. The average Bonchev–Trinajstić information content (AvgIpc) is 2.91. The van der Waals surface area contributed by atoms with E-state index in [4.69, 9.17) is 33.2 Å². The summed E-state index contributed by atoms with van der Waals surface area (Å²) in [7, 11) is 1.58. The molecule has 1 aliphatic heterocycles. The predicted octanol–water partition coefficient (Wildman–Crippen LogP) is 3.73. The fraction of sp³-hybridized carbons (Fsp3) is 0.286. The van der Waals surface area contributed by atoms with Crippen LogP contribution in [0.15, 0.2) is 6.07 Å². The van der Waals surface area contributed by atoms with E-state index < -0.39 is 5.82 Å². The number of benzene rings is 1. The molecular formula is C14H10Cl2FN3O. The molecule has 3 rings (SSSR count). The van der Waals surface area contributed by atoms with Gasteiger partial charge in [0.25, 0.3) is 0 Å². The normalized spacial score (nSPS) is 16.5. The smallest absolute Gasteiger partial charge is 0.157 e. The summed E-state index contributed by atoms with van der Waals surface area (Å²) in [6.07, 6.45) is 0.410. The van der Waals surface area contributed by atoms with Gasteiger partial charge in [0.15, 0.2) is 5.69 Å². The minimum Gasteiger partial charge on any atom is -0.488 e. The van der Waals surface area contributed by atoms with Crippen LogP contribution in [0.2, 0.25) is 10.0 Å². The molecule has 21 heavy (non-hydrogen) atoms. The zero-order valence-electron chi connectivity index (χ0n) is 11.2. The number of nitrogens with zero attached hydrogens (tertiary/aromatic N) is 3. The molecule has 0 aliphatic carbocycles. The SMILES string of the molecule is CC1Cc2c(c(Cl)cc(F)c2-c2nn(C)c(C#N)c2Cl)O1. The Hall–Kier alpha value is -1.77. The van der Waals surface area contributed by atoms with Crippen molar-refractivity contribution < 1.29 is 9.13 Å². The highest BCUT2D eigenvalue weighted by atomic mass is 35.5. The van der Waals surface area contributed by atoms with E-state index in [-0.39, 0.29) is 33.1 Å². The number of hydrogen-bond acceptors (Lipinski definition) is 3. The van der Waals surface area contributed by atoms with Gasteiger partial charge >= 0.3 is 0 Å². The van der Waals surface area contributed by atoms with Crippen LogP contribution in [0.1, 0.15) is 18.2 Å². The molecule has 0 saturated carbocycles. The molecule has 1 atom stereocenters. The molecule has 1 unspecified atom stereocenters. The van der Waals surface area contributed by atoms with Crippen molar-refractivity contribution in [3.63, 3.8) is 0 Å². The van der Waals surface area contributed by atoms with Crippen LogP contribution in [0.3, 0.4) is 0 Å². The van der Waals surface area contributed by atoms with Gasteiger partial charge in [-0.3, -0.25) is 4.68 Å². The molecule has 7 heteroatoms. The minimum atomic E-state index is -0.527. The molecule has 108 valence electrons. The summed E-state index contributed by atoms with van der Waals surface area (Å²) in [5, 5.41) is 13.6. The van der Waals surface area contributed by atoms with Gasteiger partial charge < -0.3 is 4.74 Å². The van der Waals surface area contributed by atoms with Crippen molar-refractivity contribution in [3.8, 4) is 23.1 Å². The van der Waals surface area contributed by atoms with E-state index >= 15 is 0 Å². The Morgan fingerprint density at radius 1 is 1.52 bits per heavy atom. The number of halogens is 3. The van der Waals surface area contributed by atoms with E-state index in [2.05, 4.69) is 5.10 Å². The largest absolute Gasteiger partial charge is 0.488 e. The Morgan fingerprint density at radius 2 is 2.24 bits per heavy atom. The number of aryl methyl sites for hydroxylation is 1. The molecule has 0 spiro atoms. The number of ether oxygens (including phenoxy) is 1. The maximum Gasteiger partial charge on any atom is 0.157 e. The standard InChI is InChI=1S/C14H10Cl2FN3O/c1-6-3-7-11(9(17)4-8(15)14(7)21-6)13-12(16)10(5-18)20(2)19-13/h4,6H,3H2,1-2H3. The topological polar surface area (TPSA) is 50.8 Å². The molecule has 0 saturated heterocycles. The van der Waals surface area contributed by atoms with Crippen molar-refractivity contribution in [2.75, 3.05) is 0 Å². The fourth-order valence-corrected chi connectivity index (χ4v) is 3.09. The minimum absolute atomic E-state index is 0.101. The first-order chi connectivity index (χ1) is 9.93. The molecule has 1 aromatic carbocycles. The Bertz CT molecular complexity index is 795. The molecule has 2 heterocycles. The van der Waals surface area contributed by atoms with Gasteiger partial charge in [0.05, 0.1) is 5.02 Å². The second-order valence-electron chi connectivity index (χ2n) is 4.90. The van der Waals surface area contributed by atoms with Crippen LogP contribution in [-0.2, 0) is 13.5 Å². The molecular weight excluding hydrogens is 316 g/mol. The Kier molecular flexibility index (Phi) is 3.31. The Balaban J connectivity index is 2.31. The van der Waals surface area contributed by atoms with E-state index in [0.717, 1.165) is 0 Å². The zero-order chi connectivity index (χ0) is 15.3. The maximum atomic E-state index is 14.4. The highest BCUT2D eigenvalue weighted by Crippen LogP contribution is 2.45. The van der Waals surface area contributed by atoms with Crippen LogP contribution in [-0.4, -0.2) is 15.9 Å². The quantitative estimate of drug-likeness (QED) is 0.802. The number of nitriles is 1. The maximum absolute atomic E-state index is 14.4. The third kappa shape index (κ3) is 2.06. The molecule has 1 aromatic heterocycles. The van der Waals surface area contributed by atoms with Gasteiger partial charge in [-0.05, 0) is 13.0 Å². The lowest BCUT2D eigenvalue weighted by atomic mass is 10.00. The van der Waals surface area contributed by atoms with E-state index in [0.29, 0.717) is 17.7 Å². The second-order valence-corrected chi connectivity index (χ2v) is 5.69. The van der Waals surface area contributed by atoms with Crippen molar-refractivity contribution >= 4 is 23.2 Å². The van der Waals surface area contributed by atoms with Crippen molar-refractivity contribution in [1.82, 2.24) is 9.78 Å². The lowest BCUT2D eigenvalue weighted by molar-refractivity contribution is 0.255. The molecule has 0 radical (unpaired) electrons. The summed E-state index contributed by atoms with van der Waals surface area (Å²) in [5.41, 5.74) is 1.30. The van der Waals surface area contributed by atoms with Gasteiger partial charge in [-0.2, -0.15) is 10.4 Å². The summed E-state index contributed by atoms with van der Waals surface area (Å²) in [6.45, 7) is 1.87. The second kappa shape index (κ2) is 4.90. The van der Waals surface area contributed by atoms with E-state index in [1.807, 2.05) is 13.0 Å². The molecule has 0 N–H and O–H groups in total. The van der Waals surface area contributed by atoms with Gasteiger partial charge in [0.2, 0.25) is 0 Å². The van der Waals surface area contributed by atoms with Crippen LogP contribution in [0.4, 0.5) is 4.39 Å². The highest BCUT2D eigenvalue weighted by molar-refractivity contribution is 6.34. The van der Waals surface area contributed by atoms with Gasteiger partial charge in [-0.1, -0.05) is 23.2 Å². The van der Waals surface area contributed by atoms with Crippen LogP contribution >= 0.6 is 23.2 Å². The summed E-state index contributed by atoms with van der Waals surface area (Å²) >= 11 is 12.2. The van der Waals surface area contributed by atoms with Gasteiger partial charge in [-0.15, -0.1) is 0 Å². The summed E-state index contributed by atoms with van der Waals surface area (Å²) < 4.78 is 21.4. The van der Waals surface area contributed by atoms with Crippen LogP contribution in [0.5, 0.6) is 5.75 Å². The molecule has 4 nitrogen and oxygen atoms in total. The monoisotopic (exact) mass is 325 g/mol. The lowest BCUT2D eigenvalue weighted by Gasteiger charge is -2.08. The fourth-order valence-electron chi connectivity index (χ4n) is 2.54. The number of hydrogen-bond donors (Lipinski definition) is 0. The van der Waals surface area contributed by atoms with Crippen molar-refractivity contribution in [2.45, 2.75) is 19.4 Å². The van der Waals surface area contributed by atoms with E-state index in [1.165, 1.54) is 10.7 Å². The summed E-state index contributed by atoms with van der Waals surface area (Å²) in [6, 6.07) is 3.14. The molecule has 2 aromatic rings. The highest BCUT2D eigenvalue weighted by Gasteiger charge is 2.31. The van der Waals surface area contributed by atoms with Crippen molar-refractivity contribution in [2.24, 2.45) is 7.05 Å². The first-order valence-corrected chi connectivity index (χ1v) is 7.00. The van der Waals surface area contributed by atoms with Crippen LogP contribution in [0.25, 0.3) is 11.3 Å². The van der Waals surface area contributed by atoms with Gasteiger partial charge in [0.1, 0.15) is 34.5 Å². The average molecular weight is 326 g/mol. The Morgan fingerprint density at radius 3 is 2.86 bits per heavy atom. The van der Waals surface area contributed by atoms with Crippen LogP contribution in [0, 0.1) is 17.1 Å². The summed E-state index contributed by atoms with van der Waals surface area (Å²) in [4.78, 5) is 0. The Labute approximate surface area is 130 Å². The van der Waals surface area contributed by atoms with E-state index in [1.54, 1.807) is 7.05 Å². The lowest BCUT2D eigenvalue weighted by Crippen LogP contribution is -2.05. The predicted molar refractivity (Wildman–Crippen MR) is 77.1 cm³/mol. The van der Waals surface area contributed by atoms with Crippen molar-refractivity contribution in [1.29, 1.82) is 5.26 Å². The first-order valence-electron chi connectivity index (χ1n) is 6.24. The number of aromatic nitrogens is 2. The van der Waals surface area contributed by atoms with Crippen molar-refractivity contribution in [3.05, 3.63) is 33.2 Å². The zero-order valence-corrected chi connectivity index (χ0v) is 12.8. The molecule has 0 bridgehead atoms. The third-order valence-electron chi connectivity index (χ3n) is 3.43. The number of rotatable bonds is 1. The van der Waals surface area contributed by atoms with Gasteiger partial charge in [0, 0.05) is 24.6 Å². The summed E-state index contributed by atoms with van der Waals surface area (Å²) in [5.74, 6) is -0.0678. The van der Waals surface area contributed by atoms with Gasteiger partial charge in [-0.25, -0.2) is 4.39 Å². The van der Waals surface area contributed by atoms with E-state index in [9.17, 15) is 4.39 Å². The third-order valence-corrected chi connectivity index (χ3v) is 4.07.